The van der Waals surface area contributed by atoms with Crippen LogP contribution in [0.4, 0.5) is 29.1 Å². The topological polar surface area (TPSA) is 67.7 Å². The van der Waals surface area contributed by atoms with Gasteiger partial charge >= 0.3 is 6.18 Å². The average molecular weight is 380 g/mol. The third-order valence-electron chi connectivity index (χ3n) is 4.58. The molecule has 0 saturated carbocycles. The number of hydrogen-bond acceptors (Lipinski definition) is 5. The minimum Gasteiger partial charge on any atom is -0.340 e. The largest absolute Gasteiger partial charge is 0.419 e. The fourth-order valence-electron chi connectivity index (χ4n) is 3.24. The van der Waals surface area contributed by atoms with Crippen LogP contribution in [0.15, 0.2) is 30.7 Å². The van der Waals surface area contributed by atoms with Crippen molar-refractivity contribution >= 4 is 22.5 Å². The zero-order valence-electron chi connectivity index (χ0n) is 14.1. The van der Waals surface area contributed by atoms with Gasteiger partial charge in [0.2, 0.25) is 0 Å². The van der Waals surface area contributed by atoms with E-state index < -0.39 is 17.6 Å². The first kappa shape index (κ1) is 17.7. The molecule has 27 heavy (non-hydrogen) atoms. The number of rotatable bonds is 3. The average Bonchev–Trinajstić information content (AvgIpc) is 3.08. The van der Waals surface area contributed by atoms with Crippen LogP contribution in [0, 0.1) is 5.82 Å². The normalized spacial score (nSPS) is 16.0. The van der Waals surface area contributed by atoms with Gasteiger partial charge in [0, 0.05) is 5.69 Å². The second-order valence-electron chi connectivity index (χ2n) is 6.35. The molecule has 0 atom stereocenters. The number of nitrogens with one attached hydrogen (secondary N) is 2. The van der Waals surface area contributed by atoms with Gasteiger partial charge in [-0.05, 0) is 44.1 Å². The molecule has 4 rings (SSSR count). The molecule has 1 aliphatic heterocycles. The van der Waals surface area contributed by atoms with Crippen molar-refractivity contribution in [2.75, 3.05) is 18.4 Å². The summed E-state index contributed by atoms with van der Waals surface area (Å²) in [5, 5.41) is 11.1. The predicted octanol–water partition coefficient (Wildman–Crippen LogP) is 3.65. The Morgan fingerprint density at radius 3 is 2.67 bits per heavy atom. The monoisotopic (exact) mass is 380 g/mol. The predicted molar refractivity (Wildman–Crippen MR) is 91.1 cm³/mol. The van der Waals surface area contributed by atoms with E-state index in [1.165, 1.54) is 12.4 Å². The second kappa shape index (κ2) is 6.76. The van der Waals surface area contributed by atoms with Gasteiger partial charge in [0.15, 0.2) is 5.65 Å². The van der Waals surface area contributed by atoms with Crippen LogP contribution in [-0.4, -0.2) is 32.8 Å². The van der Waals surface area contributed by atoms with E-state index in [2.05, 4.69) is 25.7 Å². The summed E-state index contributed by atoms with van der Waals surface area (Å²) in [7, 11) is 0. The van der Waals surface area contributed by atoms with Gasteiger partial charge in [0.25, 0.3) is 0 Å². The number of halogens is 4. The van der Waals surface area contributed by atoms with Gasteiger partial charge in [-0.1, -0.05) is 0 Å². The SMILES string of the molecule is Fc1ccc(Nc2ncnc3c2cnn3C2CCNCC2)cc1C(F)(F)F. The zero-order chi connectivity index (χ0) is 19.0. The number of fused-ring (bicyclic) bond motifs is 1. The van der Waals surface area contributed by atoms with Crippen LogP contribution in [0.1, 0.15) is 24.4 Å². The van der Waals surface area contributed by atoms with Gasteiger partial charge in [0.1, 0.15) is 18.0 Å². The van der Waals surface area contributed by atoms with Crippen LogP contribution >= 0.6 is 0 Å². The lowest BCUT2D eigenvalue weighted by Crippen LogP contribution is -2.29. The summed E-state index contributed by atoms with van der Waals surface area (Å²) in [6, 6.07) is 2.94. The number of piperidine rings is 1. The summed E-state index contributed by atoms with van der Waals surface area (Å²) in [6.07, 6.45) is -0.0262. The maximum Gasteiger partial charge on any atom is 0.419 e. The van der Waals surface area contributed by atoms with Gasteiger partial charge in [0.05, 0.1) is 23.2 Å². The van der Waals surface area contributed by atoms with Crippen molar-refractivity contribution in [2.24, 2.45) is 0 Å². The third-order valence-corrected chi connectivity index (χ3v) is 4.58. The first-order valence-corrected chi connectivity index (χ1v) is 8.46. The van der Waals surface area contributed by atoms with Crippen LogP contribution in [0.5, 0.6) is 0 Å². The smallest absolute Gasteiger partial charge is 0.340 e. The Balaban J connectivity index is 1.68. The fourth-order valence-corrected chi connectivity index (χ4v) is 3.24. The van der Waals surface area contributed by atoms with Crippen molar-refractivity contribution in [3.8, 4) is 0 Å². The van der Waals surface area contributed by atoms with Crippen LogP contribution in [0.25, 0.3) is 11.0 Å². The summed E-state index contributed by atoms with van der Waals surface area (Å²) < 4.78 is 54.1. The highest BCUT2D eigenvalue weighted by Gasteiger charge is 2.34. The van der Waals surface area contributed by atoms with Gasteiger partial charge < -0.3 is 10.6 Å². The maximum absolute atomic E-state index is 13.5. The van der Waals surface area contributed by atoms with Gasteiger partial charge in [-0.3, -0.25) is 0 Å². The lowest BCUT2D eigenvalue weighted by molar-refractivity contribution is -0.139. The highest BCUT2D eigenvalue weighted by atomic mass is 19.4. The molecule has 3 heterocycles. The van der Waals surface area contributed by atoms with E-state index in [-0.39, 0.29) is 11.7 Å². The molecule has 1 saturated heterocycles. The maximum atomic E-state index is 13.5. The van der Waals surface area contributed by atoms with Crippen LogP contribution in [0.3, 0.4) is 0 Å². The number of benzene rings is 1. The molecule has 1 aromatic carbocycles. The summed E-state index contributed by atoms with van der Waals surface area (Å²) in [6.45, 7) is 1.77. The Morgan fingerprint density at radius 1 is 1.15 bits per heavy atom. The molecule has 2 aromatic heterocycles. The molecule has 0 bridgehead atoms. The number of anilines is 2. The molecular formula is C17H16F4N6. The molecule has 0 spiro atoms. The van der Waals surface area contributed by atoms with E-state index in [0.29, 0.717) is 16.9 Å². The van der Waals surface area contributed by atoms with E-state index in [1.807, 2.05) is 4.68 Å². The lowest BCUT2D eigenvalue weighted by Gasteiger charge is -2.23. The standard InChI is InChI=1S/C17H16F4N6/c18-14-2-1-10(7-13(14)17(19,20)21)26-15-12-8-25-27(16(12)24-9-23-15)11-3-5-22-6-4-11/h1-2,7-9,11,22H,3-6H2,(H,23,24,26). The number of nitrogens with zero attached hydrogens (tertiary/aromatic N) is 4. The number of hydrogen-bond donors (Lipinski definition) is 2. The molecule has 2 N–H and O–H groups in total. The molecular weight excluding hydrogens is 364 g/mol. The quantitative estimate of drug-likeness (QED) is 0.679. The van der Waals surface area contributed by atoms with Crippen molar-refractivity contribution < 1.29 is 17.6 Å². The minimum atomic E-state index is -4.78. The number of alkyl halides is 3. The molecule has 10 heteroatoms. The van der Waals surface area contributed by atoms with E-state index >= 15 is 0 Å². The molecule has 0 amide bonds. The van der Waals surface area contributed by atoms with Crippen LogP contribution < -0.4 is 10.6 Å². The summed E-state index contributed by atoms with van der Waals surface area (Å²) >= 11 is 0. The molecule has 6 nitrogen and oxygen atoms in total. The Labute approximate surface area is 151 Å². The number of aromatic nitrogens is 4. The summed E-state index contributed by atoms with van der Waals surface area (Å²) in [4.78, 5) is 8.39. The summed E-state index contributed by atoms with van der Waals surface area (Å²) in [5.74, 6) is -1.00. The Kier molecular flexibility index (Phi) is 4.42. The second-order valence-corrected chi connectivity index (χ2v) is 6.35. The molecule has 3 aromatic rings. The Hall–Kier alpha value is -2.75. The highest BCUT2D eigenvalue weighted by molar-refractivity contribution is 5.88. The van der Waals surface area contributed by atoms with Crippen molar-refractivity contribution in [2.45, 2.75) is 25.1 Å². The third kappa shape index (κ3) is 3.44. The Bertz CT molecular complexity index is 962. The highest BCUT2D eigenvalue weighted by Crippen LogP contribution is 2.34. The molecule has 0 unspecified atom stereocenters. The Morgan fingerprint density at radius 2 is 1.93 bits per heavy atom. The van der Waals surface area contributed by atoms with Crippen molar-refractivity contribution in [3.05, 3.63) is 42.1 Å². The molecule has 142 valence electrons. The van der Waals surface area contributed by atoms with E-state index in [4.69, 9.17) is 0 Å². The fraction of sp³-hybridized carbons (Fsp3) is 0.353. The zero-order valence-corrected chi connectivity index (χ0v) is 14.1. The van der Waals surface area contributed by atoms with Crippen LogP contribution in [0.2, 0.25) is 0 Å². The summed E-state index contributed by atoms with van der Waals surface area (Å²) in [5.41, 5.74) is -0.640. The van der Waals surface area contributed by atoms with E-state index in [0.717, 1.165) is 38.1 Å². The molecule has 1 aliphatic rings. The van der Waals surface area contributed by atoms with Crippen LogP contribution in [-0.2, 0) is 6.18 Å². The van der Waals surface area contributed by atoms with Gasteiger partial charge in [-0.25, -0.2) is 19.0 Å². The first-order valence-electron chi connectivity index (χ1n) is 8.46. The molecule has 1 fully saturated rings. The first-order chi connectivity index (χ1) is 12.9. The van der Waals surface area contributed by atoms with E-state index in [1.54, 1.807) is 6.20 Å². The minimum absolute atomic E-state index is 0.0818. The molecule has 0 aliphatic carbocycles. The lowest BCUT2D eigenvalue weighted by atomic mass is 10.1. The van der Waals surface area contributed by atoms with Crippen molar-refractivity contribution in [1.82, 2.24) is 25.1 Å². The molecule has 0 radical (unpaired) electrons. The van der Waals surface area contributed by atoms with Crippen molar-refractivity contribution in [3.63, 3.8) is 0 Å². The van der Waals surface area contributed by atoms with E-state index in [9.17, 15) is 17.6 Å². The van der Waals surface area contributed by atoms with Gasteiger partial charge in [-0.15, -0.1) is 0 Å². The van der Waals surface area contributed by atoms with Crippen molar-refractivity contribution in [1.29, 1.82) is 0 Å². The van der Waals surface area contributed by atoms with Gasteiger partial charge in [-0.2, -0.15) is 18.3 Å².